The van der Waals surface area contributed by atoms with Gasteiger partial charge in [0.25, 0.3) is 0 Å². The molecule has 4 rings (SSSR count). The van der Waals surface area contributed by atoms with Crippen molar-refractivity contribution >= 4 is 29.9 Å². The molecule has 0 atom stereocenters. The summed E-state index contributed by atoms with van der Waals surface area (Å²) >= 11 is 0. The number of carbonyl (C=O) groups excluding carboxylic acids is 3. The lowest BCUT2D eigenvalue weighted by atomic mass is 9.93. The molecule has 0 bridgehead atoms. The van der Waals surface area contributed by atoms with Gasteiger partial charge in [-0.25, -0.2) is 9.59 Å². The van der Waals surface area contributed by atoms with E-state index in [1.165, 1.54) is 14.2 Å². The number of benzene rings is 3. The predicted octanol–water partition coefficient (Wildman–Crippen LogP) is 4.81. The largest absolute Gasteiger partial charge is 0.465 e. The second-order valence-electron chi connectivity index (χ2n) is 8.53. The Morgan fingerprint density at radius 2 is 1.17 bits per heavy atom. The standard InChI is InChI=1S/C30H27NO5/c1-35-29(33)24-12-8-21(9-13-24)16-26-19-31(18-23-6-4-3-5-7-23)20-27(28(26)32)17-22-10-14-25(15-11-22)30(34)36-2/h3-17H,18-20H2,1-2H3/b26-16+,27-17+. The molecular formula is C30H27NO5. The number of hydrogen-bond acceptors (Lipinski definition) is 6. The lowest BCUT2D eigenvalue weighted by Gasteiger charge is -2.30. The molecule has 6 heteroatoms. The normalized spacial score (nSPS) is 16.2. The van der Waals surface area contributed by atoms with Gasteiger partial charge >= 0.3 is 11.9 Å². The van der Waals surface area contributed by atoms with Crippen LogP contribution < -0.4 is 0 Å². The van der Waals surface area contributed by atoms with Crippen LogP contribution in [0.2, 0.25) is 0 Å². The number of piperidine rings is 1. The number of methoxy groups -OCH3 is 2. The third-order valence-electron chi connectivity index (χ3n) is 5.97. The van der Waals surface area contributed by atoms with Gasteiger partial charge in [0.2, 0.25) is 0 Å². The van der Waals surface area contributed by atoms with Crippen LogP contribution in [0, 0.1) is 0 Å². The van der Waals surface area contributed by atoms with Crippen LogP contribution in [-0.2, 0) is 20.8 Å². The lowest BCUT2D eigenvalue weighted by Crippen LogP contribution is -2.37. The van der Waals surface area contributed by atoms with Crippen molar-refractivity contribution in [3.63, 3.8) is 0 Å². The molecule has 1 saturated heterocycles. The molecule has 1 heterocycles. The van der Waals surface area contributed by atoms with Crippen molar-refractivity contribution in [2.24, 2.45) is 0 Å². The molecule has 3 aromatic carbocycles. The maximum Gasteiger partial charge on any atom is 0.337 e. The highest BCUT2D eigenvalue weighted by molar-refractivity contribution is 6.14. The van der Waals surface area contributed by atoms with Crippen molar-refractivity contribution in [1.82, 2.24) is 4.90 Å². The van der Waals surface area contributed by atoms with Gasteiger partial charge in [-0.1, -0.05) is 54.6 Å². The molecule has 0 aliphatic carbocycles. The zero-order valence-corrected chi connectivity index (χ0v) is 20.3. The molecule has 0 amide bonds. The van der Waals surface area contributed by atoms with Gasteiger partial charge < -0.3 is 9.47 Å². The second-order valence-corrected chi connectivity index (χ2v) is 8.53. The highest BCUT2D eigenvalue weighted by Crippen LogP contribution is 2.24. The van der Waals surface area contributed by atoms with Crippen LogP contribution in [0.15, 0.2) is 90.0 Å². The van der Waals surface area contributed by atoms with Gasteiger partial charge in [-0.2, -0.15) is 0 Å². The first kappa shape index (κ1) is 24.8. The summed E-state index contributed by atoms with van der Waals surface area (Å²) in [7, 11) is 2.69. The Kier molecular flexibility index (Phi) is 7.88. The maximum atomic E-state index is 13.5. The van der Waals surface area contributed by atoms with Crippen molar-refractivity contribution in [2.75, 3.05) is 27.3 Å². The number of esters is 2. The highest BCUT2D eigenvalue weighted by Gasteiger charge is 2.26. The molecule has 6 nitrogen and oxygen atoms in total. The van der Waals surface area contributed by atoms with Crippen LogP contribution in [0.3, 0.4) is 0 Å². The van der Waals surface area contributed by atoms with Gasteiger partial charge in [-0.15, -0.1) is 0 Å². The van der Waals surface area contributed by atoms with E-state index < -0.39 is 11.9 Å². The molecule has 0 saturated carbocycles. The molecule has 36 heavy (non-hydrogen) atoms. The SMILES string of the molecule is COC(=O)c1ccc(/C=C2\CN(Cc3ccccc3)C/C(=C\c3ccc(C(=O)OC)cc3)C2=O)cc1. The number of ketones is 1. The fourth-order valence-corrected chi connectivity index (χ4v) is 4.13. The van der Waals surface area contributed by atoms with Crippen molar-refractivity contribution in [3.8, 4) is 0 Å². The van der Waals surface area contributed by atoms with Gasteiger partial charge in [0.1, 0.15) is 0 Å². The summed E-state index contributed by atoms with van der Waals surface area (Å²) in [6.07, 6.45) is 3.74. The van der Waals surface area contributed by atoms with E-state index in [-0.39, 0.29) is 5.78 Å². The van der Waals surface area contributed by atoms with Crippen LogP contribution in [0.4, 0.5) is 0 Å². The first-order valence-corrected chi connectivity index (χ1v) is 11.6. The molecule has 0 spiro atoms. The molecule has 0 unspecified atom stereocenters. The molecular weight excluding hydrogens is 454 g/mol. The molecule has 0 radical (unpaired) electrons. The summed E-state index contributed by atoms with van der Waals surface area (Å²) in [6, 6.07) is 24.1. The average molecular weight is 482 g/mol. The second kappa shape index (κ2) is 11.4. The van der Waals surface area contributed by atoms with Crippen LogP contribution in [0.5, 0.6) is 0 Å². The molecule has 182 valence electrons. The summed E-state index contributed by atoms with van der Waals surface area (Å²) in [5.74, 6) is -0.825. The van der Waals surface area contributed by atoms with Gasteiger partial charge in [0, 0.05) is 30.8 Å². The molecule has 1 aliphatic rings. The number of Topliss-reactive ketones (excluding diaryl/α,β-unsaturated/α-hetero) is 1. The number of rotatable bonds is 6. The topological polar surface area (TPSA) is 72.9 Å². The first-order valence-electron chi connectivity index (χ1n) is 11.6. The number of nitrogens with zero attached hydrogens (tertiary/aromatic N) is 1. The predicted molar refractivity (Wildman–Crippen MR) is 138 cm³/mol. The Morgan fingerprint density at radius 3 is 1.58 bits per heavy atom. The maximum absolute atomic E-state index is 13.5. The summed E-state index contributed by atoms with van der Waals surface area (Å²) in [5, 5.41) is 0. The van der Waals surface area contributed by atoms with Crippen LogP contribution >= 0.6 is 0 Å². The Balaban J connectivity index is 1.64. The van der Waals surface area contributed by atoms with Gasteiger partial charge in [-0.05, 0) is 53.1 Å². The van der Waals surface area contributed by atoms with Gasteiger partial charge in [-0.3, -0.25) is 9.69 Å². The molecule has 1 aliphatic heterocycles. The van der Waals surface area contributed by atoms with E-state index >= 15 is 0 Å². The smallest absolute Gasteiger partial charge is 0.337 e. The molecule has 0 aromatic heterocycles. The minimum absolute atomic E-state index is 0.0200. The minimum Gasteiger partial charge on any atom is -0.465 e. The summed E-state index contributed by atoms with van der Waals surface area (Å²) in [6.45, 7) is 1.71. The summed E-state index contributed by atoms with van der Waals surface area (Å²) in [4.78, 5) is 39.2. The monoisotopic (exact) mass is 481 g/mol. The van der Waals surface area contributed by atoms with Crippen molar-refractivity contribution in [1.29, 1.82) is 0 Å². The van der Waals surface area contributed by atoms with E-state index in [9.17, 15) is 14.4 Å². The fourth-order valence-electron chi connectivity index (χ4n) is 4.13. The Hall–Kier alpha value is -4.29. The Morgan fingerprint density at radius 1 is 0.722 bits per heavy atom. The van der Waals surface area contributed by atoms with Crippen molar-refractivity contribution in [2.45, 2.75) is 6.54 Å². The third kappa shape index (κ3) is 6.03. The minimum atomic E-state index is -0.402. The molecule has 3 aromatic rings. The van der Waals surface area contributed by atoms with Crippen molar-refractivity contribution in [3.05, 3.63) is 118 Å². The van der Waals surface area contributed by atoms with Gasteiger partial charge in [0.15, 0.2) is 5.78 Å². The van der Waals surface area contributed by atoms with E-state index in [1.54, 1.807) is 48.5 Å². The zero-order valence-electron chi connectivity index (χ0n) is 20.3. The van der Waals surface area contributed by atoms with E-state index in [4.69, 9.17) is 9.47 Å². The fraction of sp³-hybridized carbons (Fsp3) is 0.167. The molecule has 1 fully saturated rings. The van der Waals surface area contributed by atoms with Crippen LogP contribution in [-0.4, -0.2) is 49.9 Å². The average Bonchev–Trinajstić information content (AvgIpc) is 2.91. The van der Waals surface area contributed by atoms with Gasteiger partial charge in [0.05, 0.1) is 25.3 Å². The van der Waals surface area contributed by atoms with E-state index in [0.717, 1.165) is 16.7 Å². The van der Waals surface area contributed by atoms with E-state index in [2.05, 4.69) is 17.0 Å². The lowest BCUT2D eigenvalue weighted by molar-refractivity contribution is -0.113. The quantitative estimate of drug-likeness (QED) is 0.372. The van der Waals surface area contributed by atoms with E-state index in [1.807, 2.05) is 30.4 Å². The van der Waals surface area contributed by atoms with Crippen LogP contribution in [0.1, 0.15) is 37.4 Å². The van der Waals surface area contributed by atoms with Crippen molar-refractivity contribution < 1.29 is 23.9 Å². The highest BCUT2D eigenvalue weighted by atomic mass is 16.5. The number of likely N-dealkylation sites (tertiary alicyclic amines) is 1. The zero-order chi connectivity index (χ0) is 25.5. The Labute approximate surface area is 210 Å². The number of ether oxygens (including phenoxy) is 2. The number of carbonyl (C=O) groups is 3. The third-order valence-corrected chi connectivity index (χ3v) is 5.97. The Bertz CT molecular complexity index is 1220. The first-order chi connectivity index (χ1) is 17.5. The molecule has 0 N–H and O–H groups in total. The summed E-state index contributed by atoms with van der Waals surface area (Å²) < 4.78 is 9.53. The van der Waals surface area contributed by atoms with E-state index in [0.29, 0.717) is 41.9 Å². The van der Waals surface area contributed by atoms with Crippen LogP contribution in [0.25, 0.3) is 12.2 Å². The number of hydrogen-bond donors (Lipinski definition) is 0. The summed E-state index contributed by atoms with van der Waals surface area (Å²) in [5.41, 5.74) is 5.06.